The second-order valence-electron chi connectivity index (χ2n) is 6.53. The summed E-state index contributed by atoms with van der Waals surface area (Å²) in [6, 6.07) is 14.0. The van der Waals surface area contributed by atoms with Gasteiger partial charge in [-0.3, -0.25) is 4.79 Å². The lowest BCUT2D eigenvalue weighted by molar-refractivity contribution is 0.0983. The lowest BCUT2D eigenvalue weighted by atomic mass is 10.1. The maximum absolute atomic E-state index is 13.2. The van der Waals surface area contributed by atoms with E-state index in [2.05, 4.69) is 0 Å². The van der Waals surface area contributed by atoms with Gasteiger partial charge in [-0.2, -0.15) is 0 Å². The lowest BCUT2D eigenvalue weighted by Crippen LogP contribution is -2.48. The fourth-order valence-corrected chi connectivity index (χ4v) is 3.10. The van der Waals surface area contributed by atoms with Crippen molar-refractivity contribution in [2.45, 2.75) is 26.2 Å². The number of carbonyl (C=O) groups excluding carboxylic acids is 2. The molecule has 0 radical (unpaired) electrons. The number of imide groups is 1. The van der Waals surface area contributed by atoms with Crippen molar-refractivity contribution in [2.24, 2.45) is 0 Å². The second-order valence-corrected chi connectivity index (χ2v) is 6.53. The minimum absolute atomic E-state index is 0.255. The summed E-state index contributed by atoms with van der Waals surface area (Å²) in [4.78, 5) is 29.3. The molecule has 0 saturated carbocycles. The van der Waals surface area contributed by atoms with Crippen LogP contribution in [0.5, 0.6) is 5.75 Å². The number of benzene rings is 2. The van der Waals surface area contributed by atoms with E-state index in [0.717, 1.165) is 24.8 Å². The normalized spacial score (nSPS) is 14.0. The first-order valence-electron chi connectivity index (χ1n) is 8.94. The van der Waals surface area contributed by atoms with Gasteiger partial charge in [-0.15, -0.1) is 0 Å². The Balaban J connectivity index is 1.94. The van der Waals surface area contributed by atoms with Crippen molar-refractivity contribution in [3.05, 3.63) is 59.7 Å². The maximum Gasteiger partial charge on any atom is 0.331 e. The van der Waals surface area contributed by atoms with E-state index in [9.17, 15) is 9.59 Å². The van der Waals surface area contributed by atoms with Crippen LogP contribution in [0, 0.1) is 6.92 Å². The van der Waals surface area contributed by atoms with Crippen LogP contribution in [0.2, 0.25) is 0 Å². The molecule has 0 aromatic heterocycles. The smallest absolute Gasteiger partial charge is 0.331 e. The first-order valence-corrected chi connectivity index (χ1v) is 8.94. The molecule has 3 rings (SSSR count). The van der Waals surface area contributed by atoms with Gasteiger partial charge in [0, 0.05) is 18.7 Å². The van der Waals surface area contributed by atoms with E-state index in [1.165, 1.54) is 4.90 Å². The van der Waals surface area contributed by atoms with Crippen molar-refractivity contribution in [2.75, 3.05) is 25.1 Å². The van der Waals surface area contributed by atoms with Crippen molar-refractivity contribution in [1.29, 1.82) is 0 Å². The van der Waals surface area contributed by atoms with Gasteiger partial charge < -0.3 is 9.64 Å². The number of rotatable bonds is 3. The molecule has 1 aliphatic rings. The molecule has 26 heavy (non-hydrogen) atoms. The van der Waals surface area contributed by atoms with Crippen molar-refractivity contribution >= 4 is 17.6 Å². The topological polar surface area (TPSA) is 49.9 Å². The number of aryl methyl sites for hydroxylation is 1. The van der Waals surface area contributed by atoms with Crippen molar-refractivity contribution in [3.8, 4) is 5.75 Å². The van der Waals surface area contributed by atoms with Crippen molar-refractivity contribution in [3.63, 3.8) is 0 Å². The SMILES string of the molecule is COc1ccc(C(=O)N(C(=O)N2CCCCC2)c2ccc(C)cc2)cc1. The number of piperidine rings is 1. The van der Waals surface area contributed by atoms with Gasteiger partial charge in [-0.25, -0.2) is 9.69 Å². The zero-order valence-electron chi connectivity index (χ0n) is 15.3. The molecule has 0 aliphatic carbocycles. The minimum atomic E-state index is -0.327. The molecule has 0 atom stereocenters. The van der Waals surface area contributed by atoms with Crippen LogP contribution in [0.15, 0.2) is 48.5 Å². The van der Waals surface area contributed by atoms with Gasteiger partial charge >= 0.3 is 6.03 Å². The average Bonchev–Trinajstić information content (AvgIpc) is 2.70. The predicted octanol–water partition coefficient (Wildman–Crippen LogP) is 4.26. The van der Waals surface area contributed by atoms with Crippen LogP contribution in [0.1, 0.15) is 35.2 Å². The summed E-state index contributed by atoms with van der Waals surface area (Å²) in [5.41, 5.74) is 2.12. The van der Waals surface area contributed by atoms with Crippen LogP contribution in [-0.2, 0) is 0 Å². The number of nitrogens with zero attached hydrogens (tertiary/aromatic N) is 2. The largest absolute Gasteiger partial charge is 0.497 e. The Labute approximate surface area is 154 Å². The summed E-state index contributed by atoms with van der Waals surface area (Å²) in [5, 5.41) is 0. The Morgan fingerprint density at radius 2 is 1.54 bits per heavy atom. The monoisotopic (exact) mass is 352 g/mol. The predicted molar refractivity (Wildman–Crippen MR) is 102 cm³/mol. The van der Waals surface area contributed by atoms with Gasteiger partial charge in [0.15, 0.2) is 0 Å². The molecule has 0 N–H and O–H groups in total. The van der Waals surface area contributed by atoms with Crippen LogP contribution >= 0.6 is 0 Å². The number of urea groups is 1. The highest BCUT2D eigenvalue weighted by atomic mass is 16.5. The molecule has 2 aromatic rings. The fraction of sp³-hybridized carbons (Fsp3) is 0.333. The van der Waals surface area contributed by atoms with Crippen LogP contribution in [0.4, 0.5) is 10.5 Å². The van der Waals surface area contributed by atoms with Gasteiger partial charge in [0.2, 0.25) is 0 Å². The molecule has 1 heterocycles. The molecule has 1 aliphatic heterocycles. The quantitative estimate of drug-likeness (QED) is 0.829. The molecular formula is C21H24N2O3. The minimum Gasteiger partial charge on any atom is -0.497 e. The molecule has 136 valence electrons. The number of hydrogen-bond acceptors (Lipinski definition) is 3. The molecule has 0 spiro atoms. The summed E-state index contributed by atoms with van der Waals surface area (Å²) in [7, 11) is 1.58. The highest BCUT2D eigenvalue weighted by Crippen LogP contribution is 2.23. The summed E-state index contributed by atoms with van der Waals surface area (Å²) < 4.78 is 5.15. The van der Waals surface area contributed by atoms with Crippen LogP contribution in [-0.4, -0.2) is 37.0 Å². The lowest BCUT2D eigenvalue weighted by Gasteiger charge is -2.32. The Kier molecular flexibility index (Phi) is 5.56. The van der Waals surface area contributed by atoms with Crippen LogP contribution in [0.3, 0.4) is 0 Å². The van der Waals surface area contributed by atoms with Crippen LogP contribution in [0.25, 0.3) is 0 Å². The van der Waals surface area contributed by atoms with Crippen LogP contribution < -0.4 is 9.64 Å². The Bertz CT molecular complexity index is 763. The molecule has 0 unspecified atom stereocenters. The molecule has 1 fully saturated rings. The third kappa shape index (κ3) is 3.87. The van der Waals surface area contributed by atoms with E-state index < -0.39 is 0 Å². The van der Waals surface area contributed by atoms with Gasteiger partial charge in [-0.05, 0) is 62.6 Å². The second kappa shape index (κ2) is 8.04. The first kappa shape index (κ1) is 18.0. The molecule has 3 amide bonds. The number of carbonyl (C=O) groups is 2. The number of amides is 3. The summed E-state index contributed by atoms with van der Waals surface area (Å²) in [6.45, 7) is 3.36. The fourth-order valence-electron chi connectivity index (χ4n) is 3.10. The number of likely N-dealkylation sites (tertiary alicyclic amines) is 1. The summed E-state index contributed by atoms with van der Waals surface area (Å²) in [6.07, 6.45) is 3.08. The third-order valence-corrected chi connectivity index (χ3v) is 4.65. The van der Waals surface area contributed by atoms with Crippen molar-refractivity contribution < 1.29 is 14.3 Å². The van der Waals surface area contributed by atoms with Crippen molar-refractivity contribution in [1.82, 2.24) is 4.90 Å². The third-order valence-electron chi connectivity index (χ3n) is 4.65. The van der Waals surface area contributed by atoms with E-state index in [4.69, 9.17) is 4.74 Å². The highest BCUT2D eigenvalue weighted by Gasteiger charge is 2.29. The standard InChI is InChI=1S/C21H24N2O3/c1-16-6-10-18(11-7-16)23(21(25)22-14-4-3-5-15-22)20(24)17-8-12-19(26-2)13-9-17/h6-13H,3-5,14-15H2,1-2H3. The number of ether oxygens (including phenoxy) is 1. The molecule has 5 heteroatoms. The van der Waals surface area contributed by atoms with E-state index >= 15 is 0 Å². The summed E-state index contributed by atoms with van der Waals surface area (Å²) in [5.74, 6) is 0.345. The Morgan fingerprint density at radius 1 is 0.923 bits per heavy atom. The Hall–Kier alpha value is -2.82. The molecule has 2 aromatic carbocycles. The molecule has 5 nitrogen and oxygen atoms in total. The number of hydrogen-bond donors (Lipinski definition) is 0. The van der Waals surface area contributed by atoms with Gasteiger partial charge in [0.25, 0.3) is 5.91 Å². The van der Waals surface area contributed by atoms with E-state index in [0.29, 0.717) is 30.1 Å². The maximum atomic E-state index is 13.2. The molecule has 1 saturated heterocycles. The van der Waals surface area contributed by atoms with Gasteiger partial charge in [0.1, 0.15) is 5.75 Å². The Morgan fingerprint density at radius 3 is 2.12 bits per heavy atom. The zero-order chi connectivity index (χ0) is 18.5. The molecule has 0 bridgehead atoms. The molecular weight excluding hydrogens is 328 g/mol. The zero-order valence-corrected chi connectivity index (χ0v) is 15.3. The number of methoxy groups -OCH3 is 1. The average molecular weight is 352 g/mol. The van der Waals surface area contributed by atoms with E-state index in [1.54, 1.807) is 36.3 Å². The van der Waals surface area contributed by atoms with Gasteiger partial charge in [-0.1, -0.05) is 17.7 Å². The highest BCUT2D eigenvalue weighted by molar-refractivity contribution is 6.20. The van der Waals surface area contributed by atoms with Gasteiger partial charge in [0.05, 0.1) is 12.8 Å². The summed E-state index contributed by atoms with van der Waals surface area (Å²) >= 11 is 0. The van der Waals surface area contributed by atoms with E-state index in [1.807, 2.05) is 31.2 Å². The number of anilines is 1. The first-order chi connectivity index (χ1) is 12.6. The van der Waals surface area contributed by atoms with E-state index in [-0.39, 0.29) is 11.9 Å².